The van der Waals surface area contributed by atoms with Crippen LogP contribution in [0.4, 0.5) is 5.82 Å². The molecule has 1 aromatic carbocycles. The van der Waals surface area contributed by atoms with Crippen LogP contribution < -0.4 is 4.90 Å². The molecule has 0 bridgehead atoms. The van der Waals surface area contributed by atoms with E-state index in [9.17, 15) is 8.42 Å². The molecule has 0 radical (unpaired) electrons. The highest BCUT2D eigenvalue weighted by molar-refractivity contribution is 7.90. The first-order valence-corrected chi connectivity index (χ1v) is 12.1. The molecule has 0 fully saturated rings. The van der Waals surface area contributed by atoms with E-state index < -0.39 is 9.84 Å². The molecule has 0 aliphatic heterocycles. The molecule has 6 nitrogen and oxygen atoms in total. The third-order valence-corrected chi connectivity index (χ3v) is 7.29. The minimum absolute atomic E-state index is 0.321. The van der Waals surface area contributed by atoms with Gasteiger partial charge in [0.15, 0.2) is 15.7 Å². The first-order valence-electron chi connectivity index (χ1n) is 9.42. The molecule has 0 N–H and O–H groups in total. The van der Waals surface area contributed by atoms with Gasteiger partial charge in [-0.1, -0.05) is 12.1 Å². The van der Waals surface area contributed by atoms with E-state index in [1.807, 2.05) is 31.3 Å². The monoisotopic (exact) mass is 438 g/mol. The van der Waals surface area contributed by atoms with Crippen molar-refractivity contribution >= 4 is 37.2 Å². The molecular weight excluding hydrogens is 416 g/mol. The zero-order chi connectivity index (χ0) is 21.5. The Labute approximate surface area is 180 Å². The van der Waals surface area contributed by atoms with Gasteiger partial charge >= 0.3 is 0 Å². The quantitative estimate of drug-likeness (QED) is 0.459. The van der Waals surface area contributed by atoms with Crippen LogP contribution in [0.3, 0.4) is 0 Å². The van der Waals surface area contributed by atoms with Crippen LogP contribution in [0.25, 0.3) is 21.6 Å². The van der Waals surface area contributed by atoms with Crippen LogP contribution in [-0.4, -0.2) is 36.7 Å². The third kappa shape index (κ3) is 3.93. The number of sulfone groups is 1. The first kappa shape index (κ1) is 20.4. The lowest BCUT2D eigenvalue weighted by atomic mass is 10.1. The van der Waals surface area contributed by atoms with Crippen molar-refractivity contribution in [3.8, 4) is 11.4 Å². The smallest absolute Gasteiger partial charge is 0.175 e. The van der Waals surface area contributed by atoms with Gasteiger partial charge in [-0.05, 0) is 49.2 Å². The van der Waals surface area contributed by atoms with Crippen LogP contribution in [0.5, 0.6) is 0 Å². The molecule has 0 aliphatic rings. The molecular formula is C22H22N4O2S2. The fraction of sp³-hybridized carbons (Fsp3) is 0.227. The van der Waals surface area contributed by atoms with Crippen molar-refractivity contribution in [1.29, 1.82) is 0 Å². The number of benzene rings is 1. The summed E-state index contributed by atoms with van der Waals surface area (Å²) < 4.78 is 23.4. The molecule has 3 aromatic heterocycles. The van der Waals surface area contributed by atoms with Crippen LogP contribution >= 0.6 is 11.3 Å². The van der Waals surface area contributed by atoms with Crippen molar-refractivity contribution in [2.24, 2.45) is 0 Å². The van der Waals surface area contributed by atoms with Gasteiger partial charge in [-0.15, -0.1) is 11.3 Å². The van der Waals surface area contributed by atoms with E-state index in [2.05, 4.69) is 23.7 Å². The van der Waals surface area contributed by atoms with Crippen molar-refractivity contribution in [2.45, 2.75) is 25.3 Å². The van der Waals surface area contributed by atoms with Crippen LogP contribution in [0, 0.1) is 13.8 Å². The van der Waals surface area contributed by atoms with Gasteiger partial charge in [-0.3, -0.25) is 4.98 Å². The SMILES string of the molecule is Cc1sc2nc(-c3cccnc3)nc(N(C)Cc3ccc(S(C)(=O)=O)cc3)c2c1C. The Morgan fingerprint density at radius 2 is 1.80 bits per heavy atom. The normalized spacial score (nSPS) is 11.7. The summed E-state index contributed by atoms with van der Waals surface area (Å²) in [5.41, 5.74) is 3.06. The Balaban J connectivity index is 1.76. The summed E-state index contributed by atoms with van der Waals surface area (Å²) in [6, 6.07) is 10.8. The highest BCUT2D eigenvalue weighted by Crippen LogP contribution is 2.36. The van der Waals surface area contributed by atoms with Gasteiger partial charge in [0, 0.05) is 42.7 Å². The summed E-state index contributed by atoms with van der Waals surface area (Å²) in [6.07, 6.45) is 4.71. The van der Waals surface area contributed by atoms with Crippen molar-refractivity contribution < 1.29 is 8.42 Å². The average Bonchev–Trinajstić information content (AvgIpc) is 3.01. The molecule has 3 heterocycles. The molecule has 0 spiro atoms. The molecule has 30 heavy (non-hydrogen) atoms. The highest BCUT2D eigenvalue weighted by atomic mass is 32.2. The number of aryl methyl sites for hydroxylation is 2. The number of thiophene rings is 1. The fourth-order valence-corrected chi connectivity index (χ4v) is 4.97. The Morgan fingerprint density at radius 3 is 2.43 bits per heavy atom. The fourth-order valence-electron chi connectivity index (χ4n) is 3.32. The Morgan fingerprint density at radius 1 is 1.07 bits per heavy atom. The Kier molecular flexibility index (Phi) is 5.29. The van der Waals surface area contributed by atoms with Crippen molar-refractivity contribution in [1.82, 2.24) is 15.0 Å². The molecule has 154 valence electrons. The number of hydrogen-bond acceptors (Lipinski definition) is 7. The first-order chi connectivity index (χ1) is 14.2. The second-order valence-electron chi connectivity index (χ2n) is 7.35. The number of aromatic nitrogens is 3. The zero-order valence-electron chi connectivity index (χ0n) is 17.2. The summed E-state index contributed by atoms with van der Waals surface area (Å²) in [5.74, 6) is 1.50. The topological polar surface area (TPSA) is 76.1 Å². The van der Waals surface area contributed by atoms with Crippen LogP contribution in [0.2, 0.25) is 0 Å². The highest BCUT2D eigenvalue weighted by Gasteiger charge is 2.18. The largest absolute Gasteiger partial charge is 0.355 e. The molecule has 0 unspecified atom stereocenters. The number of hydrogen-bond donors (Lipinski definition) is 0. The number of fused-ring (bicyclic) bond motifs is 1. The molecule has 8 heteroatoms. The number of rotatable bonds is 5. The van der Waals surface area contributed by atoms with E-state index in [-0.39, 0.29) is 0 Å². The van der Waals surface area contributed by atoms with Gasteiger partial charge in [0.25, 0.3) is 0 Å². The van der Waals surface area contributed by atoms with Gasteiger partial charge in [-0.25, -0.2) is 18.4 Å². The maximum atomic E-state index is 11.7. The summed E-state index contributed by atoms with van der Waals surface area (Å²) >= 11 is 1.67. The van der Waals surface area contributed by atoms with Crippen molar-refractivity contribution in [3.63, 3.8) is 0 Å². The molecule has 0 atom stereocenters. The summed E-state index contributed by atoms with van der Waals surface area (Å²) in [7, 11) is -1.22. The maximum absolute atomic E-state index is 11.7. The van der Waals surface area contributed by atoms with E-state index in [1.54, 1.807) is 35.9 Å². The lowest BCUT2D eigenvalue weighted by molar-refractivity contribution is 0.602. The van der Waals surface area contributed by atoms with Crippen molar-refractivity contribution in [2.75, 3.05) is 18.2 Å². The minimum Gasteiger partial charge on any atom is -0.355 e. The van der Waals surface area contributed by atoms with Gasteiger partial charge in [0.05, 0.1) is 10.3 Å². The maximum Gasteiger partial charge on any atom is 0.175 e. The molecule has 0 aliphatic carbocycles. The van der Waals surface area contributed by atoms with E-state index in [0.717, 1.165) is 27.2 Å². The van der Waals surface area contributed by atoms with Gasteiger partial charge in [-0.2, -0.15) is 0 Å². The Bertz CT molecular complexity index is 1320. The molecule has 4 rings (SSSR count). The van der Waals surface area contributed by atoms with Gasteiger partial charge < -0.3 is 4.90 Å². The Hall–Kier alpha value is -2.84. The summed E-state index contributed by atoms with van der Waals surface area (Å²) in [6.45, 7) is 4.79. The molecule has 0 amide bonds. The van der Waals surface area contributed by atoms with E-state index >= 15 is 0 Å². The van der Waals surface area contributed by atoms with Crippen LogP contribution in [-0.2, 0) is 16.4 Å². The van der Waals surface area contributed by atoms with E-state index in [4.69, 9.17) is 9.97 Å². The molecule has 4 aromatic rings. The predicted molar refractivity (Wildman–Crippen MR) is 122 cm³/mol. The van der Waals surface area contributed by atoms with E-state index in [1.165, 1.54) is 16.7 Å². The third-order valence-electron chi connectivity index (χ3n) is 5.06. The van der Waals surface area contributed by atoms with Crippen LogP contribution in [0.1, 0.15) is 16.0 Å². The lowest BCUT2D eigenvalue weighted by Crippen LogP contribution is -2.18. The summed E-state index contributed by atoms with van der Waals surface area (Å²) in [4.78, 5) is 18.4. The van der Waals surface area contributed by atoms with Gasteiger partial charge in [0.1, 0.15) is 10.6 Å². The molecule has 0 saturated carbocycles. The summed E-state index contributed by atoms with van der Waals surface area (Å²) in [5, 5.41) is 1.06. The van der Waals surface area contributed by atoms with Crippen LogP contribution in [0.15, 0.2) is 53.7 Å². The number of anilines is 1. The second kappa shape index (κ2) is 7.77. The predicted octanol–water partition coefficient (Wildman–Crippen LogP) is 4.41. The average molecular weight is 439 g/mol. The zero-order valence-corrected chi connectivity index (χ0v) is 18.9. The van der Waals surface area contributed by atoms with E-state index in [0.29, 0.717) is 17.3 Å². The van der Waals surface area contributed by atoms with Crippen molar-refractivity contribution in [3.05, 3.63) is 64.8 Å². The lowest BCUT2D eigenvalue weighted by Gasteiger charge is -2.20. The second-order valence-corrected chi connectivity index (χ2v) is 10.6. The number of pyridine rings is 1. The molecule has 0 saturated heterocycles. The number of nitrogens with zero attached hydrogens (tertiary/aromatic N) is 4. The van der Waals surface area contributed by atoms with Gasteiger partial charge in [0.2, 0.25) is 0 Å². The minimum atomic E-state index is -3.21. The standard InChI is InChI=1S/C22H22N4O2S2/c1-14-15(2)29-22-19(14)21(24-20(25-22)17-6-5-11-23-12-17)26(3)13-16-7-9-18(10-8-16)30(4,27)28/h5-12H,13H2,1-4H3.